The number of carbonyl (C=O) groups is 1. The van der Waals surface area contributed by atoms with Crippen LogP contribution in [0, 0.1) is 0 Å². The van der Waals surface area contributed by atoms with E-state index >= 15 is 0 Å². The smallest absolute Gasteiger partial charge is 0.228 e. The largest absolute Gasteiger partial charge is 0.356 e. The van der Waals surface area contributed by atoms with Crippen molar-refractivity contribution in [2.75, 3.05) is 18.0 Å². The molecule has 0 aromatic carbocycles. The molecule has 118 valence electrons. The molecule has 2 aromatic heterocycles. The number of nitrogens with one attached hydrogen (secondary N) is 1. The van der Waals surface area contributed by atoms with Crippen LogP contribution in [-0.2, 0) is 4.79 Å². The van der Waals surface area contributed by atoms with Gasteiger partial charge in [0.25, 0.3) is 0 Å². The van der Waals surface area contributed by atoms with Gasteiger partial charge < -0.3 is 10.2 Å². The predicted molar refractivity (Wildman–Crippen MR) is 88.2 cm³/mol. The third kappa shape index (κ3) is 2.67. The molecule has 23 heavy (non-hydrogen) atoms. The van der Waals surface area contributed by atoms with Crippen molar-refractivity contribution in [1.29, 1.82) is 0 Å². The molecule has 1 N–H and O–H groups in total. The minimum atomic E-state index is -0.0666. The third-order valence-electron chi connectivity index (χ3n) is 5.08. The Bertz CT molecular complexity index is 681. The molecule has 0 aliphatic carbocycles. The van der Waals surface area contributed by atoms with Gasteiger partial charge in [-0.25, -0.2) is 4.98 Å². The van der Waals surface area contributed by atoms with Crippen molar-refractivity contribution in [3.05, 3.63) is 54.5 Å². The highest BCUT2D eigenvalue weighted by Crippen LogP contribution is 2.39. The zero-order valence-corrected chi connectivity index (χ0v) is 13.0. The van der Waals surface area contributed by atoms with Crippen LogP contribution in [0.4, 0.5) is 5.82 Å². The van der Waals surface area contributed by atoms with Gasteiger partial charge in [0.1, 0.15) is 5.82 Å². The number of piperidine rings is 1. The molecule has 0 bridgehead atoms. The maximum Gasteiger partial charge on any atom is 0.228 e. The molecule has 2 saturated heterocycles. The molecule has 1 amide bonds. The summed E-state index contributed by atoms with van der Waals surface area (Å²) in [5.41, 5.74) is 0.956. The van der Waals surface area contributed by atoms with Crippen LogP contribution in [0.5, 0.6) is 0 Å². The van der Waals surface area contributed by atoms with E-state index in [0.717, 1.165) is 43.7 Å². The molecule has 4 heterocycles. The Kier molecular flexibility index (Phi) is 3.48. The number of anilines is 1. The summed E-state index contributed by atoms with van der Waals surface area (Å²) in [7, 11) is 0. The lowest BCUT2D eigenvalue weighted by molar-refractivity contribution is -0.121. The van der Waals surface area contributed by atoms with E-state index in [9.17, 15) is 4.79 Å². The molecule has 2 aromatic rings. The van der Waals surface area contributed by atoms with Gasteiger partial charge in [-0.15, -0.1) is 0 Å². The second kappa shape index (κ2) is 5.65. The van der Waals surface area contributed by atoms with Crippen molar-refractivity contribution in [2.24, 2.45) is 0 Å². The average molecular weight is 308 g/mol. The van der Waals surface area contributed by atoms with Gasteiger partial charge >= 0.3 is 0 Å². The lowest BCUT2D eigenvalue weighted by Crippen LogP contribution is -2.51. The van der Waals surface area contributed by atoms with E-state index in [1.807, 2.05) is 42.7 Å². The van der Waals surface area contributed by atoms with Crippen LogP contribution in [0.25, 0.3) is 0 Å². The van der Waals surface area contributed by atoms with Gasteiger partial charge in [-0.2, -0.15) is 0 Å². The van der Waals surface area contributed by atoms with E-state index in [0.29, 0.717) is 0 Å². The van der Waals surface area contributed by atoms with Gasteiger partial charge in [-0.1, -0.05) is 12.1 Å². The number of pyridine rings is 2. The fourth-order valence-electron chi connectivity index (χ4n) is 3.77. The van der Waals surface area contributed by atoms with E-state index < -0.39 is 0 Å². The van der Waals surface area contributed by atoms with Crippen molar-refractivity contribution in [2.45, 2.75) is 30.7 Å². The second-order valence-electron chi connectivity index (χ2n) is 6.49. The van der Waals surface area contributed by atoms with Crippen molar-refractivity contribution in [1.82, 2.24) is 15.3 Å². The molecule has 1 unspecified atom stereocenters. The zero-order valence-electron chi connectivity index (χ0n) is 13.0. The predicted octanol–water partition coefficient (Wildman–Crippen LogP) is 2.12. The first-order valence-corrected chi connectivity index (χ1v) is 8.14. The number of rotatable bonds is 2. The van der Waals surface area contributed by atoms with Crippen molar-refractivity contribution in [3.8, 4) is 0 Å². The Morgan fingerprint density at radius 1 is 1.13 bits per heavy atom. The number of aromatic nitrogens is 2. The molecule has 2 fully saturated rings. The summed E-state index contributed by atoms with van der Waals surface area (Å²) in [4.78, 5) is 23.3. The highest BCUT2D eigenvalue weighted by atomic mass is 16.2. The first kappa shape index (κ1) is 14.2. The monoisotopic (exact) mass is 308 g/mol. The van der Waals surface area contributed by atoms with E-state index in [2.05, 4.69) is 20.2 Å². The molecule has 1 spiro atoms. The molecule has 0 saturated carbocycles. The Morgan fingerprint density at radius 2 is 2.00 bits per heavy atom. The summed E-state index contributed by atoms with van der Waals surface area (Å²) in [6.45, 7) is 1.86. The topological polar surface area (TPSA) is 58.1 Å². The van der Waals surface area contributed by atoms with Crippen LogP contribution in [0.1, 0.15) is 30.7 Å². The van der Waals surface area contributed by atoms with Gasteiger partial charge in [0.05, 0.1) is 5.92 Å². The fraction of sp³-hybridized carbons (Fsp3) is 0.389. The molecular weight excluding hydrogens is 288 g/mol. The number of nitrogens with zero attached hydrogens (tertiary/aromatic N) is 3. The Morgan fingerprint density at radius 3 is 2.70 bits per heavy atom. The van der Waals surface area contributed by atoms with Crippen LogP contribution in [0.2, 0.25) is 0 Å². The minimum absolute atomic E-state index is 0.0647. The molecule has 1 atom stereocenters. The quantitative estimate of drug-likeness (QED) is 0.923. The minimum Gasteiger partial charge on any atom is -0.356 e. The second-order valence-corrected chi connectivity index (χ2v) is 6.49. The van der Waals surface area contributed by atoms with Crippen LogP contribution in [0.15, 0.2) is 48.9 Å². The summed E-state index contributed by atoms with van der Waals surface area (Å²) >= 11 is 0. The number of hydrogen-bond acceptors (Lipinski definition) is 4. The fourth-order valence-corrected chi connectivity index (χ4v) is 3.77. The number of amides is 1. The summed E-state index contributed by atoms with van der Waals surface area (Å²) in [6, 6.07) is 9.90. The van der Waals surface area contributed by atoms with Gasteiger partial charge in [0, 0.05) is 37.2 Å². The zero-order chi connectivity index (χ0) is 15.7. The summed E-state index contributed by atoms with van der Waals surface area (Å²) in [6.07, 6.45) is 8.19. The average Bonchev–Trinajstić information content (AvgIpc) is 2.93. The van der Waals surface area contributed by atoms with Gasteiger partial charge in [-0.3, -0.25) is 9.78 Å². The molecule has 5 heteroatoms. The third-order valence-corrected chi connectivity index (χ3v) is 5.08. The van der Waals surface area contributed by atoms with Crippen molar-refractivity contribution < 1.29 is 4.79 Å². The molecule has 0 radical (unpaired) electrons. The summed E-state index contributed by atoms with van der Waals surface area (Å²) in [5.74, 6) is 1.10. The maximum absolute atomic E-state index is 12.4. The lowest BCUT2D eigenvalue weighted by Gasteiger charge is -2.39. The number of hydrogen-bond donors (Lipinski definition) is 1. The molecule has 4 rings (SSSR count). The molecular formula is C18H20N4O. The van der Waals surface area contributed by atoms with Crippen LogP contribution in [0.3, 0.4) is 0 Å². The van der Waals surface area contributed by atoms with Gasteiger partial charge in [-0.05, 0) is 43.0 Å². The van der Waals surface area contributed by atoms with Gasteiger partial charge in [0.2, 0.25) is 5.91 Å². The standard InChI is InChI=1S/C18H20N4O/c23-17-15(14-4-3-8-19-13-14)12-18(21-17)6-10-22(11-7-18)16-5-1-2-9-20-16/h1-5,8-9,13,15H,6-7,10-12H2,(H,21,23). The SMILES string of the molecule is O=C1NC2(CCN(c3ccccn3)CC2)CC1c1cccnc1. The summed E-state index contributed by atoms with van der Waals surface area (Å²) in [5, 5.41) is 3.28. The maximum atomic E-state index is 12.4. The van der Waals surface area contributed by atoms with E-state index in [-0.39, 0.29) is 17.4 Å². The first-order chi connectivity index (χ1) is 11.3. The van der Waals surface area contributed by atoms with Crippen LogP contribution >= 0.6 is 0 Å². The Hall–Kier alpha value is -2.43. The van der Waals surface area contributed by atoms with Crippen LogP contribution in [-0.4, -0.2) is 34.5 Å². The highest BCUT2D eigenvalue weighted by Gasteiger charge is 2.46. The molecule has 2 aliphatic heterocycles. The van der Waals surface area contributed by atoms with Crippen molar-refractivity contribution in [3.63, 3.8) is 0 Å². The number of carbonyl (C=O) groups excluding carboxylic acids is 1. The van der Waals surface area contributed by atoms with E-state index in [1.54, 1.807) is 6.20 Å². The van der Waals surface area contributed by atoms with Crippen molar-refractivity contribution >= 4 is 11.7 Å². The molecule has 2 aliphatic rings. The highest BCUT2D eigenvalue weighted by molar-refractivity contribution is 5.87. The van der Waals surface area contributed by atoms with Crippen LogP contribution < -0.4 is 10.2 Å². The normalized spacial score (nSPS) is 23.0. The molecule has 5 nitrogen and oxygen atoms in total. The van der Waals surface area contributed by atoms with E-state index in [4.69, 9.17) is 0 Å². The Balaban J connectivity index is 1.47. The van der Waals surface area contributed by atoms with E-state index in [1.165, 1.54) is 0 Å². The van der Waals surface area contributed by atoms with Gasteiger partial charge in [0.15, 0.2) is 0 Å². The summed E-state index contributed by atoms with van der Waals surface area (Å²) < 4.78 is 0. The lowest BCUT2D eigenvalue weighted by atomic mass is 9.82. The Labute approximate surface area is 135 Å². The first-order valence-electron chi connectivity index (χ1n) is 8.14.